The van der Waals surface area contributed by atoms with Gasteiger partial charge in [-0.15, -0.1) is 0 Å². The first kappa shape index (κ1) is 26.1. The molecule has 11 heteroatoms. The van der Waals surface area contributed by atoms with Crippen LogP contribution in [0.4, 0.5) is 11.8 Å². The van der Waals surface area contributed by atoms with Gasteiger partial charge in [-0.25, -0.2) is 14.6 Å². The van der Waals surface area contributed by atoms with Gasteiger partial charge in [0, 0.05) is 36.4 Å². The van der Waals surface area contributed by atoms with E-state index < -0.39 is 0 Å². The van der Waals surface area contributed by atoms with Crippen molar-refractivity contribution in [2.75, 3.05) is 24.6 Å². The summed E-state index contributed by atoms with van der Waals surface area (Å²) in [5.41, 5.74) is 17.3. The maximum absolute atomic E-state index is 14.2. The van der Waals surface area contributed by atoms with Crippen LogP contribution in [0, 0.1) is 6.92 Å². The topological polar surface area (TPSA) is 147 Å². The van der Waals surface area contributed by atoms with Crippen LogP contribution in [-0.2, 0) is 6.54 Å². The molecule has 1 saturated heterocycles. The molecule has 1 fully saturated rings. The van der Waals surface area contributed by atoms with Gasteiger partial charge in [0.25, 0.3) is 11.6 Å². The fourth-order valence-corrected chi connectivity index (χ4v) is 6.37. The monoisotopic (exact) mass is 563 g/mol. The number of anilines is 2. The lowest BCUT2D eigenvalue weighted by atomic mass is 10.0. The number of pyridine rings is 1. The molecule has 214 valence electrons. The number of aromatic nitrogens is 6. The quantitative estimate of drug-likeness (QED) is 0.309. The number of oxazole rings is 1. The lowest BCUT2D eigenvalue weighted by Crippen LogP contribution is -2.41. The van der Waals surface area contributed by atoms with Crippen molar-refractivity contribution in [3.05, 3.63) is 70.4 Å². The number of nitrogen functional groups attached to an aromatic ring is 2. The molecule has 0 bridgehead atoms. The molecule has 0 radical (unpaired) electrons. The summed E-state index contributed by atoms with van der Waals surface area (Å²) in [6.07, 6.45) is 3.26. The fraction of sp³-hybridized carbons (Fsp3) is 0.323. The molecule has 4 aromatic heterocycles. The average Bonchev–Trinajstić information content (AvgIpc) is 3.53. The summed E-state index contributed by atoms with van der Waals surface area (Å²) < 4.78 is 9.28. The van der Waals surface area contributed by atoms with Gasteiger partial charge < -0.3 is 25.4 Å². The number of rotatable bonds is 5. The van der Waals surface area contributed by atoms with E-state index in [4.69, 9.17) is 21.0 Å². The van der Waals surface area contributed by atoms with Crippen LogP contribution in [0.5, 0.6) is 0 Å². The SMILES string of the molecule is Cc1cccc2cc(Cn3nc(-c4ccc5oc(N)nc5c4)c4c(N)ncnc43)n(C3CCN(C(C)C)CC3)c(=O)c12. The third kappa shape index (κ3) is 4.28. The molecular formula is C31H33N9O2. The van der Waals surface area contributed by atoms with Gasteiger partial charge in [-0.1, -0.05) is 18.2 Å². The number of hydrogen-bond acceptors (Lipinski definition) is 9. The number of hydrogen-bond donors (Lipinski definition) is 2. The van der Waals surface area contributed by atoms with Crippen LogP contribution >= 0.6 is 0 Å². The molecule has 1 aliphatic heterocycles. The molecule has 1 aliphatic rings. The summed E-state index contributed by atoms with van der Waals surface area (Å²) in [6.45, 7) is 8.69. The molecule has 2 aromatic carbocycles. The molecule has 7 rings (SSSR count). The normalized spacial score (nSPS) is 15.0. The van der Waals surface area contributed by atoms with E-state index in [1.165, 1.54) is 6.33 Å². The second kappa shape index (κ2) is 9.95. The van der Waals surface area contributed by atoms with E-state index in [2.05, 4.69) is 39.8 Å². The van der Waals surface area contributed by atoms with Crippen LogP contribution in [0.2, 0.25) is 0 Å². The standard InChI is InChI=1S/C31H33N9O2/c1-17(2)38-11-9-21(10-12-38)40-22(13-19-6-4-5-18(3)25(19)30(40)41)15-39-29-26(28(32)34-16-35-29)27(37-39)20-7-8-24-23(14-20)36-31(33)42-24/h4-8,13-14,16-17,21H,9-12,15H2,1-3H3,(H2,33,36)(H2,32,34,35). The van der Waals surface area contributed by atoms with Crippen LogP contribution in [0.3, 0.4) is 0 Å². The Morgan fingerprint density at radius 3 is 2.64 bits per heavy atom. The first-order valence-corrected chi connectivity index (χ1v) is 14.3. The summed E-state index contributed by atoms with van der Waals surface area (Å²) in [7, 11) is 0. The largest absolute Gasteiger partial charge is 0.424 e. The number of fused-ring (bicyclic) bond motifs is 3. The Morgan fingerprint density at radius 1 is 1.05 bits per heavy atom. The second-order valence-electron chi connectivity index (χ2n) is 11.4. The Kier molecular flexibility index (Phi) is 6.19. The maximum Gasteiger partial charge on any atom is 0.292 e. The lowest BCUT2D eigenvalue weighted by molar-refractivity contribution is 0.149. The molecule has 0 saturated carbocycles. The predicted octanol–water partition coefficient (Wildman–Crippen LogP) is 4.52. The molecule has 42 heavy (non-hydrogen) atoms. The van der Waals surface area contributed by atoms with Gasteiger partial charge in [-0.2, -0.15) is 10.1 Å². The highest BCUT2D eigenvalue weighted by Gasteiger charge is 2.26. The molecule has 6 aromatic rings. The Hall–Kier alpha value is -4.77. The van der Waals surface area contributed by atoms with Crippen LogP contribution in [0.15, 0.2) is 58.0 Å². The van der Waals surface area contributed by atoms with Gasteiger partial charge >= 0.3 is 0 Å². The van der Waals surface area contributed by atoms with E-state index >= 15 is 0 Å². The number of nitrogens with zero attached hydrogens (tertiary/aromatic N) is 7. The summed E-state index contributed by atoms with van der Waals surface area (Å²) in [4.78, 5) is 29.8. The molecule has 0 unspecified atom stereocenters. The number of benzene rings is 2. The van der Waals surface area contributed by atoms with Crippen molar-refractivity contribution >= 4 is 44.7 Å². The van der Waals surface area contributed by atoms with Gasteiger partial charge in [0.2, 0.25) is 0 Å². The Morgan fingerprint density at radius 2 is 1.86 bits per heavy atom. The molecule has 0 spiro atoms. The van der Waals surface area contributed by atoms with Gasteiger partial charge in [0.05, 0.1) is 17.3 Å². The zero-order chi connectivity index (χ0) is 29.1. The number of aryl methyl sites for hydroxylation is 1. The summed E-state index contributed by atoms with van der Waals surface area (Å²) in [5.74, 6) is 0.327. The zero-order valence-corrected chi connectivity index (χ0v) is 23.9. The van der Waals surface area contributed by atoms with Crippen molar-refractivity contribution in [3.63, 3.8) is 0 Å². The van der Waals surface area contributed by atoms with Crippen molar-refractivity contribution < 1.29 is 4.42 Å². The summed E-state index contributed by atoms with van der Waals surface area (Å²) in [6, 6.07) is 14.4. The van der Waals surface area contributed by atoms with E-state index in [-0.39, 0.29) is 17.6 Å². The lowest BCUT2D eigenvalue weighted by Gasteiger charge is -2.36. The summed E-state index contributed by atoms with van der Waals surface area (Å²) >= 11 is 0. The van der Waals surface area contributed by atoms with E-state index in [0.717, 1.165) is 53.5 Å². The van der Waals surface area contributed by atoms with E-state index in [9.17, 15) is 4.79 Å². The Bertz CT molecular complexity index is 2030. The maximum atomic E-state index is 14.2. The number of nitrogens with two attached hydrogens (primary N) is 2. The fourth-order valence-electron chi connectivity index (χ4n) is 6.37. The third-order valence-corrected chi connectivity index (χ3v) is 8.51. The molecule has 0 aliphatic carbocycles. The molecule has 0 amide bonds. The number of piperidine rings is 1. The first-order valence-electron chi connectivity index (χ1n) is 14.3. The Labute approximate surface area is 241 Å². The van der Waals surface area contributed by atoms with E-state index in [1.807, 2.05) is 52.6 Å². The van der Waals surface area contributed by atoms with Gasteiger partial charge in [-0.05, 0) is 68.8 Å². The minimum Gasteiger partial charge on any atom is -0.424 e. The van der Waals surface area contributed by atoms with E-state index in [0.29, 0.717) is 46.2 Å². The van der Waals surface area contributed by atoms with Crippen LogP contribution < -0.4 is 17.0 Å². The minimum absolute atomic E-state index is 0.0449. The van der Waals surface area contributed by atoms with Gasteiger partial charge in [-0.3, -0.25) is 4.79 Å². The van der Waals surface area contributed by atoms with Crippen molar-refractivity contribution in [1.82, 2.24) is 34.2 Å². The van der Waals surface area contributed by atoms with Crippen LogP contribution in [0.1, 0.15) is 44.0 Å². The predicted molar refractivity (Wildman–Crippen MR) is 164 cm³/mol. The smallest absolute Gasteiger partial charge is 0.292 e. The molecule has 5 heterocycles. The first-order chi connectivity index (χ1) is 20.3. The Balaban J connectivity index is 1.38. The zero-order valence-electron chi connectivity index (χ0n) is 23.9. The van der Waals surface area contributed by atoms with Crippen molar-refractivity contribution in [1.29, 1.82) is 0 Å². The highest BCUT2D eigenvalue weighted by Crippen LogP contribution is 2.33. The van der Waals surface area contributed by atoms with E-state index in [1.54, 1.807) is 0 Å². The number of likely N-dealkylation sites (tertiary alicyclic amines) is 1. The average molecular weight is 564 g/mol. The van der Waals surface area contributed by atoms with Crippen molar-refractivity contribution in [2.24, 2.45) is 0 Å². The van der Waals surface area contributed by atoms with Crippen LogP contribution in [-0.4, -0.2) is 53.3 Å². The highest BCUT2D eigenvalue weighted by molar-refractivity contribution is 5.99. The molecule has 0 atom stereocenters. The summed E-state index contributed by atoms with van der Waals surface area (Å²) in [5, 5.41) is 7.33. The molecular weight excluding hydrogens is 530 g/mol. The van der Waals surface area contributed by atoms with Crippen LogP contribution in [0.25, 0.3) is 44.2 Å². The molecule has 11 nitrogen and oxygen atoms in total. The molecule has 4 N–H and O–H groups in total. The van der Waals surface area contributed by atoms with Crippen molar-refractivity contribution in [3.8, 4) is 11.3 Å². The van der Waals surface area contributed by atoms with Gasteiger partial charge in [0.1, 0.15) is 23.4 Å². The minimum atomic E-state index is 0.0449. The van der Waals surface area contributed by atoms with Gasteiger partial charge in [0.15, 0.2) is 11.2 Å². The van der Waals surface area contributed by atoms with Crippen molar-refractivity contribution in [2.45, 2.75) is 52.2 Å². The second-order valence-corrected chi connectivity index (χ2v) is 11.4. The third-order valence-electron chi connectivity index (χ3n) is 8.51. The highest BCUT2D eigenvalue weighted by atomic mass is 16.4.